The number of hydrogen-bond donors (Lipinski definition) is 0. The van der Waals surface area contributed by atoms with Gasteiger partial charge in [0.25, 0.3) is 5.56 Å². The second-order valence-electron chi connectivity index (χ2n) is 5.43. The van der Waals surface area contributed by atoms with Crippen LogP contribution in [0.5, 0.6) is 0 Å². The number of para-hydroxylation sites is 1. The van der Waals surface area contributed by atoms with E-state index in [2.05, 4.69) is 13.0 Å². The zero-order valence-electron chi connectivity index (χ0n) is 12.0. The summed E-state index contributed by atoms with van der Waals surface area (Å²) in [5, 5.41) is 0. The zero-order chi connectivity index (χ0) is 14.8. The van der Waals surface area contributed by atoms with Crippen molar-refractivity contribution in [1.29, 1.82) is 0 Å². The zero-order valence-corrected chi connectivity index (χ0v) is 12.0. The van der Waals surface area contributed by atoms with Gasteiger partial charge in [-0.15, -0.1) is 0 Å². The van der Waals surface area contributed by atoms with Gasteiger partial charge >= 0.3 is 0 Å². The second-order valence-corrected chi connectivity index (χ2v) is 5.43. The molecular weight excluding hydrogens is 264 g/mol. The first kappa shape index (κ1) is 13.6. The molecule has 1 aliphatic heterocycles. The fourth-order valence-electron chi connectivity index (χ4n) is 2.93. The molecule has 1 aliphatic rings. The molecule has 0 radical (unpaired) electrons. The standard InChI is InChI=1S/C17H18N2O2/c1-13-12-14-6-2-3-7-15(14)19(13)17(21)9-11-18-10-5-4-8-16(18)20/h2-8,10,13H,9,11-12H2,1H3. The Labute approximate surface area is 123 Å². The Bertz CT molecular complexity index is 720. The van der Waals surface area contributed by atoms with Crippen molar-refractivity contribution in [3.8, 4) is 0 Å². The molecule has 108 valence electrons. The van der Waals surface area contributed by atoms with Crippen molar-refractivity contribution < 1.29 is 4.79 Å². The van der Waals surface area contributed by atoms with Gasteiger partial charge in [0.2, 0.25) is 5.91 Å². The molecule has 21 heavy (non-hydrogen) atoms. The van der Waals surface area contributed by atoms with Crippen LogP contribution in [0, 0.1) is 0 Å². The molecule has 3 rings (SSSR count). The summed E-state index contributed by atoms with van der Waals surface area (Å²) in [4.78, 5) is 26.0. The van der Waals surface area contributed by atoms with E-state index in [0.717, 1.165) is 12.1 Å². The molecule has 0 saturated carbocycles. The molecule has 1 amide bonds. The molecule has 0 fully saturated rings. The van der Waals surface area contributed by atoms with Gasteiger partial charge in [0.15, 0.2) is 0 Å². The topological polar surface area (TPSA) is 42.3 Å². The highest BCUT2D eigenvalue weighted by molar-refractivity contribution is 5.96. The largest absolute Gasteiger partial charge is 0.315 e. The van der Waals surface area contributed by atoms with Crippen molar-refractivity contribution in [2.24, 2.45) is 0 Å². The molecule has 4 nitrogen and oxygen atoms in total. The van der Waals surface area contributed by atoms with Crippen molar-refractivity contribution in [3.63, 3.8) is 0 Å². The summed E-state index contributed by atoms with van der Waals surface area (Å²) in [6, 6.07) is 13.2. The first-order valence-electron chi connectivity index (χ1n) is 7.22. The average Bonchev–Trinajstić information content (AvgIpc) is 2.82. The highest BCUT2D eigenvalue weighted by Crippen LogP contribution is 2.32. The van der Waals surface area contributed by atoms with E-state index in [1.54, 1.807) is 22.9 Å². The fraction of sp³-hybridized carbons (Fsp3) is 0.294. The maximum atomic E-state index is 12.5. The van der Waals surface area contributed by atoms with Gasteiger partial charge in [-0.1, -0.05) is 24.3 Å². The maximum Gasteiger partial charge on any atom is 0.250 e. The number of nitrogens with zero attached hydrogens (tertiary/aromatic N) is 2. The van der Waals surface area contributed by atoms with Gasteiger partial charge in [0, 0.05) is 37.0 Å². The van der Waals surface area contributed by atoms with Crippen LogP contribution in [0.2, 0.25) is 0 Å². The summed E-state index contributed by atoms with van der Waals surface area (Å²) in [6.45, 7) is 2.48. The quantitative estimate of drug-likeness (QED) is 0.866. The molecule has 0 saturated heterocycles. The summed E-state index contributed by atoms with van der Waals surface area (Å²) in [5.41, 5.74) is 2.16. The van der Waals surface area contributed by atoms with Gasteiger partial charge in [-0.3, -0.25) is 9.59 Å². The lowest BCUT2D eigenvalue weighted by molar-refractivity contribution is -0.119. The number of anilines is 1. The number of aryl methyl sites for hydroxylation is 1. The van der Waals surface area contributed by atoms with E-state index in [-0.39, 0.29) is 17.5 Å². The molecule has 1 atom stereocenters. The van der Waals surface area contributed by atoms with E-state index in [4.69, 9.17) is 0 Å². The third-order valence-electron chi connectivity index (χ3n) is 3.94. The number of hydrogen-bond acceptors (Lipinski definition) is 2. The Morgan fingerprint density at radius 2 is 1.95 bits per heavy atom. The lowest BCUT2D eigenvalue weighted by Crippen LogP contribution is -2.36. The van der Waals surface area contributed by atoms with Crippen molar-refractivity contribution in [2.75, 3.05) is 4.90 Å². The first-order chi connectivity index (χ1) is 10.2. The van der Waals surface area contributed by atoms with Gasteiger partial charge in [-0.25, -0.2) is 0 Å². The molecule has 2 heterocycles. The van der Waals surface area contributed by atoms with Crippen molar-refractivity contribution in [3.05, 3.63) is 64.6 Å². The predicted octanol–water partition coefficient (Wildman–Crippen LogP) is 2.22. The van der Waals surface area contributed by atoms with Crippen molar-refractivity contribution >= 4 is 11.6 Å². The number of amides is 1. The highest BCUT2D eigenvalue weighted by Gasteiger charge is 2.29. The summed E-state index contributed by atoms with van der Waals surface area (Å²) in [5.74, 6) is 0.0724. The first-order valence-corrected chi connectivity index (χ1v) is 7.22. The third kappa shape index (κ3) is 2.61. The van der Waals surface area contributed by atoms with E-state index in [9.17, 15) is 9.59 Å². The Hall–Kier alpha value is -2.36. The molecule has 1 unspecified atom stereocenters. The molecule has 2 aromatic rings. The summed E-state index contributed by atoms with van der Waals surface area (Å²) in [7, 11) is 0. The van der Waals surface area contributed by atoms with Gasteiger partial charge in [-0.05, 0) is 31.0 Å². The van der Waals surface area contributed by atoms with Crippen LogP contribution in [-0.2, 0) is 17.8 Å². The number of aromatic nitrogens is 1. The molecular formula is C17H18N2O2. The minimum atomic E-state index is -0.0693. The third-order valence-corrected chi connectivity index (χ3v) is 3.94. The van der Waals surface area contributed by atoms with Crippen LogP contribution in [0.1, 0.15) is 18.9 Å². The van der Waals surface area contributed by atoms with E-state index in [1.165, 1.54) is 11.6 Å². The second kappa shape index (κ2) is 5.56. The number of rotatable bonds is 3. The lowest BCUT2D eigenvalue weighted by atomic mass is 10.1. The average molecular weight is 282 g/mol. The van der Waals surface area contributed by atoms with E-state index in [0.29, 0.717) is 13.0 Å². The summed E-state index contributed by atoms with van der Waals surface area (Å²) < 4.78 is 1.57. The van der Waals surface area contributed by atoms with E-state index in [1.807, 2.05) is 23.1 Å². The molecule has 0 spiro atoms. The van der Waals surface area contributed by atoms with Crippen LogP contribution >= 0.6 is 0 Å². The van der Waals surface area contributed by atoms with Gasteiger partial charge < -0.3 is 9.47 Å². The summed E-state index contributed by atoms with van der Waals surface area (Å²) in [6.07, 6.45) is 2.95. The van der Waals surface area contributed by atoms with Crippen LogP contribution in [0.15, 0.2) is 53.5 Å². The van der Waals surface area contributed by atoms with Gasteiger partial charge in [-0.2, -0.15) is 0 Å². The molecule has 0 bridgehead atoms. The normalized spacial score (nSPS) is 16.8. The predicted molar refractivity (Wildman–Crippen MR) is 82.4 cm³/mol. The van der Waals surface area contributed by atoms with Crippen LogP contribution in [0.3, 0.4) is 0 Å². The number of carbonyl (C=O) groups excluding carboxylic acids is 1. The number of carbonyl (C=O) groups is 1. The number of benzene rings is 1. The van der Waals surface area contributed by atoms with Gasteiger partial charge in [0.1, 0.15) is 0 Å². The number of pyridine rings is 1. The van der Waals surface area contributed by atoms with Crippen molar-refractivity contribution in [2.45, 2.75) is 32.4 Å². The molecule has 0 aliphatic carbocycles. The van der Waals surface area contributed by atoms with Crippen molar-refractivity contribution in [1.82, 2.24) is 4.57 Å². The fourth-order valence-corrected chi connectivity index (χ4v) is 2.93. The SMILES string of the molecule is CC1Cc2ccccc2N1C(=O)CCn1ccccc1=O. The Balaban J connectivity index is 1.74. The maximum absolute atomic E-state index is 12.5. The Morgan fingerprint density at radius 3 is 2.76 bits per heavy atom. The van der Waals surface area contributed by atoms with Crippen LogP contribution < -0.4 is 10.5 Å². The Kier molecular flexibility index (Phi) is 3.60. The smallest absolute Gasteiger partial charge is 0.250 e. The Morgan fingerprint density at radius 1 is 1.19 bits per heavy atom. The van der Waals surface area contributed by atoms with E-state index < -0.39 is 0 Å². The van der Waals surface area contributed by atoms with Gasteiger partial charge in [0.05, 0.1) is 0 Å². The highest BCUT2D eigenvalue weighted by atomic mass is 16.2. The lowest BCUT2D eigenvalue weighted by Gasteiger charge is -2.23. The molecule has 4 heteroatoms. The monoisotopic (exact) mass is 282 g/mol. The van der Waals surface area contributed by atoms with Crippen LogP contribution in [-0.4, -0.2) is 16.5 Å². The molecule has 0 N–H and O–H groups in total. The number of fused-ring (bicyclic) bond motifs is 1. The van der Waals surface area contributed by atoms with Crippen LogP contribution in [0.4, 0.5) is 5.69 Å². The summed E-state index contributed by atoms with van der Waals surface area (Å²) >= 11 is 0. The van der Waals surface area contributed by atoms with Crippen LogP contribution in [0.25, 0.3) is 0 Å². The molecule has 1 aromatic heterocycles. The van der Waals surface area contributed by atoms with E-state index >= 15 is 0 Å². The minimum absolute atomic E-state index is 0.0693. The minimum Gasteiger partial charge on any atom is -0.315 e. The molecule has 1 aromatic carbocycles.